The summed E-state index contributed by atoms with van der Waals surface area (Å²) in [7, 11) is 0. The number of carbonyl (C=O) groups excluding carboxylic acids is 1. The Morgan fingerprint density at radius 2 is 2.19 bits per heavy atom. The van der Waals surface area contributed by atoms with E-state index in [0.717, 1.165) is 25.7 Å². The molecular formula is C15H19N3O3. The van der Waals surface area contributed by atoms with Gasteiger partial charge in [-0.2, -0.15) is 0 Å². The zero-order valence-electron chi connectivity index (χ0n) is 12.0. The van der Waals surface area contributed by atoms with Crippen LogP contribution in [0.2, 0.25) is 0 Å². The van der Waals surface area contributed by atoms with Crippen LogP contribution >= 0.6 is 0 Å². The summed E-state index contributed by atoms with van der Waals surface area (Å²) in [6, 6.07) is 2.97. The van der Waals surface area contributed by atoms with Crippen LogP contribution in [-0.4, -0.2) is 26.9 Å². The predicted molar refractivity (Wildman–Crippen MR) is 79.6 cm³/mol. The van der Waals surface area contributed by atoms with E-state index in [-0.39, 0.29) is 17.0 Å². The molecule has 0 aliphatic heterocycles. The Labute approximate surface area is 122 Å². The average Bonchev–Trinajstić information content (AvgIpc) is 2.48. The lowest BCUT2D eigenvalue weighted by atomic mass is 10.2. The number of hydrogen-bond acceptors (Lipinski definition) is 4. The highest BCUT2D eigenvalue weighted by Gasteiger charge is 2.13. The van der Waals surface area contributed by atoms with E-state index < -0.39 is 11.5 Å². The minimum Gasteiger partial charge on any atom is -0.504 e. The van der Waals surface area contributed by atoms with Crippen molar-refractivity contribution in [2.24, 2.45) is 0 Å². The molecule has 2 N–H and O–H groups in total. The number of nitrogens with zero attached hydrogens (tertiary/aromatic N) is 2. The number of carbonyl (C=O) groups is 1. The normalized spacial score (nSPS) is 10.7. The maximum absolute atomic E-state index is 12.2. The van der Waals surface area contributed by atoms with Crippen molar-refractivity contribution in [3.8, 4) is 5.75 Å². The molecule has 0 aromatic carbocycles. The smallest absolute Gasteiger partial charge is 0.270 e. The molecular weight excluding hydrogens is 270 g/mol. The molecule has 2 aromatic rings. The molecule has 0 radical (unpaired) electrons. The second-order valence-electron chi connectivity index (χ2n) is 4.88. The lowest BCUT2D eigenvalue weighted by molar-refractivity contribution is 0.0951. The van der Waals surface area contributed by atoms with Gasteiger partial charge in [-0.15, -0.1) is 0 Å². The van der Waals surface area contributed by atoms with Gasteiger partial charge in [0.15, 0.2) is 11.4 Å². The van der Waals surface area contributed by atoms with Gasteiger partial charge in [0.05, 0.1) is 0 Å². The van der Waals surface area contributed by atoms with E-state index in [4.69, 9.17) is 0 Å². The van der Waals surface area contributed by atoms with Crippen LogP contribution in [0.25, 0.3) is 5.65 Å². The average molecular weight is 289 g/mol. The van der Waals surface area contributed by atoms with Crippen LogP contribution in [0.3, 0.4) is 0 Å². The molecule has 2 rings (SSSR count). The highest BCUT2D eigenvalue weighted by molar-refractivity contribution is 5.93. The Kier molecular flexibility index (Phi) is 4.92. The van der Waals surface area contributed by atoms with Gasteiger partial charge in [-0.3, -0.25) is 14.0 Å². The van der Waals surface area contributed by atoms with Gasteiger partial charge in [0.2, 0.25) is 0 Å². The molecule has 112 valence electrons. The molecule has 0 saturated heterocycles. The number of aromatic hydroxyl groups is 1. The van der Waals surface area contributed by atoms with E-state index in [2.05, 4.69) is 17.2 Å². The number of aromatic nitrogens is 2. The fourth-order valence-corrected chi connectivity index (χ4v) is 2.10. The minimum absolute atomic E-state index is 0.0198. The molecule has 0 fully saturated rings. The molecule has 6 nitrogen and oxygen atoms in total. The largest absolute Gasteiger partial charge is 0.504 e. The van der Waals surface area contributed by atoms with Gasteiger partial charge in [-0.25, -0.2) is 4.98 Å². The van der Waals surface area contributed by atoms with Crippen LogP contribution in [0.4, 0.5) is 0 Å². The molecule has 1 amide bonds. The number of pyridine rings is 1. The highest BCUT2D eigenvalue weighted by Crippen LogP contribution is 2.12. The van der Waals surface area contributed by atoms with Crippen molar-refractivity contribution < 1.29 is 9.90 Å². The first-order chi connectivity index (χ1) is 10.1. The summed E-state index contributed by atoms with van der Waals surface area (Å²) in [5.74, 6) is -0.525. The quantitative estimate of drug-likeness (QED) is 0.793. The van der Waals surface area contributed by atoms with E-state index >= 15 is 0 Å². The Morgan fingerprint density at radius 3 is 2.95 bits per heavy atom. The van der Waals surface area contributed by atoms with E-state index in [1.165, 1.54) is 28.9 Å². The van der Waals surface area contributed by atoms with Crippen molar-refractivity contribution >= 4 is 11.6 Å². The fraction of sp³-hybridized carbons (Fsp3) is 0.400. The fourth-order valence-electron chi connectivity index (χ4n) is 2.10. The van der Waals surface area contributed by atoms with Gasteiger partial charge < -0.3 is 10.4 Å². The van der Waals surface area contributed by atoms with Crippen LogP contribution in [0.15, 0.2) is 29.3 Å². The van der Waals surface area contributed by atoms with Crippen LogP contribution in [0, 0.1) is 0 Å². The van der Waals surface area contributed by atoms with Gasteiger partial charge in [0, 0.05) is 18.9 Å². The third-order valence-corrected chi connectivity index (χ3v) is 3.27. The number of fused-ring (bicyclic) bond motifs is 1. The third kappa shape index (κ3) is 3.39. The van der Waals surface area contributed by atoms with Crippen molar-refractivity contribution in [1.29, 1.82) is 0 Å². The maximum atomic E-state index is 12.2. The zero-order valence-corrected chi connectivity index (χ0v) is 12.0. The van der Waals surface area contributed by atoms with Gasteiger partial charge >= 0.3 is 0 Å². The Balaban J connectivity index is 2.13. The number of amides is 1. The number of unbranched alkanes of at least 4 members (excludes halogenated alkanes) is 3. The van der Waals surface area contributed by atoms with Gasteiger partial charge in [0.25, 0.3) is 11.5 Å². The summed E-state index contributed by atoms with van der Waals surface area (Å²) in [4.78, 5) is 28.2. The second kappa shape index (κ2) is 6.88. The van der Waals surface area contributed by atoms with Gasteiger partial charge in [-0.05, 0) is 18.6 Å². The topological polar surface area (TPSA) is 83.7 Å². The third-order valence-electron chi connectivity index (χ3n) is 3.27. The zero-order chi connectivity index (χ0) is 15.2. The summed E-state index contributed by atoms with van der Waals surface area (Å²) in [6.07, 6.45) is 6.90. The molecule has 0 aliphatic rings. The first-order valence-corrected chi connectivity index (χ1v) is 7.12. The number of hydrogen-bond donors (Lipinski definition) is 2. The summed E-state index contributed by atoms with van der Waals surface area (Å²) in [6.45, 7) is 2.66. The van der Waals surface area contributed by atoms with Crippen LogP contribution in [-0.2, 0) is 0 Å². The van der Waals surface area contributed by atoms with Crippen molar-refractivity contribution in [2.75, 3.05) is 6.54 Å². The molecule has 0 aliphatic carbocycles. The molecule has 0 bridgehead atoms. The minimum atomic E-state index is -0.484. The van der Waals surface area contributed by atoms with Crippen molar-refractivity contribution in [2.45, 2.75) is 32.6 Å². The molecule has 0 spiro atoms. The lowest BCUT2D eigenvalue weighted by Crippen LogP contribution is -2.32. The molecule has 0 atom stereocenters. The maximum Gasteiger partial charge on any atom is 0.270 e. The van der Waals surface area contributed by atoms with Crippen molar-refractivity contribution in [3.63, 3.8) is 0 Å². The Bertz CT molecular complexity index is 694. The summed E-state index contributed by atoms with van der Waals surface area (Å²) >= 11 is 0. The summed E-state index contributed by atoms with van der Waals surface area (Å²) in [5.41, 5.74) is -0.363. The lowest BCUT2D eigenvalue weighted by Gasteiger charge is -2.06. The van der Waals surface area contributed by atoms with E-state index in [0.29, 0.717) is 6.54 Å². The van der Waals surface area contributed by atoms with Crippen LogP contribution < -0.4 is 10.9 Å². The molecule has 21 heavy (non-hydrogen) atoms. The molecule has 0 saturated carbocycles. The molecule has 0 unspecified atom stereocenters. The van der Waals surface area contributed by atoms with Gasteiger partial charge in [0.1, 0.15) is 5.56 Å². The Hall–Kier alpha value is -2.37. The number of nitrogens with one attached hydrogen (secondary N) is 1. The van der Waals surface area contributed by atoms with E-state index in [1.807, 2.05) is 0 Å². The molecule has 6 heteroatoms. The van der Waals surface area contributed by atoms with E-state index in [1.54, 1.807) is 0 Å². The Morgan fingerprint density at radius 1 is 1.38 bits per heavy atom. The summed E-state index contributed by atoms with van der Waals surface area (Å²) in [5, 5.41) is 12.3. The van der Waals surface area contributed by atoms with Crippen molar-refractivity contribution in [3.05, 3.63) is 40.4 Å². The number of rotatable bonds is 6. The van der Waals surface area contributed by atoms with Crippen LogP contribution in [0.5, 0.6) is 5.75 Å². The first-order valence-electron chi connectivity index (χ1n) is 7.12. The second-order valence-corrected chi connectivity index (χ2v) is 4.88. The monoisotopic (exact) mass is 289 g/mol. The molecule has 2 aromatic heterocycles. The van der Waals surface area contributed by atoms with Gasteiger partial charge in [-0.1, -0.05) is 26.2 Å². The first kappa shape index (κ1) is 15.0. The van der Waals surface area contributed by atoms with E-state index in [9.17, 15) is 14.7 Å². The predicted octanol–water partition coefficient (Wildman–Crippen LogP) is 1.71. The SMILES string of the molecule is CCCCCCNC(=O)c1cnc2c(O)cccn2c1=O. The highest BCUT2D eigenvalue weighted by atomic mass is 16.3. The molecule has 2 heterocycles. The summed E-state index contributed by atoms with van der Waals surface area (Å²) < 4.78 is 1.17. The van der Waals surface area contributed by atoms with Crippen molar-refractivity contribution in [1.82, 2.24) is 14.7 Å². The van der Waals surface area contributed by atoms with Crippen LogP contribution in [0.1, 0.15) is 43.0 Å². The standard InChI is InChI=1S/C15H19N3O3/c1-2-3-4-5-8-16-14(20)11-10-17-13-12(19)7-6-9-18(13)15(11)21/h6-7,9-10,19H,2-5,8H2,1H3,(H,16,20).